The average Bonchev–Trinajstić information content (AvgIpc) is 2.38. The van der Waals surface area contributed by atoms with Gasteiger partial charge in [0.25, 0.3) is 0 Å². The number of benzene rings is 1. The van der Waals surface area contributed by atoms with Crippen LogP contribution in [0.25, 0.3) is 0 Å². The van der Waals surface area contributed by atoms with Crippen molar-refractivity contribution in [1.82, 2.24) is 0 Å². The number of aliphatic hydroxyl groups excluding tert-OH is 1. The van der Waals surface area contributed by atoms with Gasteiger partial charge in [0.2, 0.25) is 0 Å². The second-order valence-electron chi connectivity index (χ2n) is 3.47. The van der Waals surface area contributed by atoms with Crippen molar-refractivity contribution in [3.8, 4) is 11.8 Å². The molecule has 0 saturated carbocycles. The molecule has 1 aromatic carbocycles. The normalized spacial score (nSPS) is 16.6. The average molecular weight is 250 g/mol. The second kappa shape index (κ2) is 6.24. The fraction of sp³-hybridized carbons (Fsp3) is 0.385. The first-order valence-electron chi connectivity index (χ1n) is 5.33. The molecule has 1 heterocycles. The molecule has 0 aromatic heterocycles. The molecule has 0 spiro atoms. The van der Waals surface area contributed by atoms with Crippen molar-refractivity contribution >= 4 is 23.5 Å². The van der Waals surface area contributed by atoms with Crippen molar-refractivity contribution < 1.29 is 5.11 Å². The topological polar surface area (TPSA) is 20.2 Å². The van der Waals surface area contributed by atoms with Crippen molar-refractivity contribution in [2.45, 2.75) is 11.0 Å². The third kappa shape index (κ3) is 2.98. The van der Waals surface area contributed by atoms with Gasteiger partial charge in [0.05, 0.1) is 4.58 Å². The molecule has 84 valence electrons. The Morgan fingerprint density at radius 1 is 1.25 bits per heavy atom. The van der Waals surface area contributed by atoms with Crippen LogP contribution in [0.4, 0.5) is 0 Å². The third-order valence-corrected chi connectivity index (χ3v) is 5.32. The van der Waals surface area contributed by atoms with E-state index in [0.29, 0.717) is 4.58 Å². The predicted molar refractivity (Wildman–Crippen MR) is 72.7 cm³/mol. The lowest BCUT2D eigenvalue weighted by Gasteiger charge is -2.22. The van der Waals surface area contributed by atoms with Gasteiger partial charge in [-0.05, 0) is 29.6 Å². The van der Waals surface area contributed by atoms with Crippen LogP contribution in [0.2, 0.25) is 0 Å². The fourth-order valence-electron chi connectivity index (χ4n) is 1.62. The van der Waals surface area contributed by atoms with Gasteiger partial charge in [-0.25, -0.2) is 0 Å². The van der Waals surface area contributed by atoms with Crippen LogP contribution >= 0.6 is 23.5 Å². The molecule has 16 heavy (non-hydrogen) atoms. The molecule has 0 unspecified atom stereocenters. The minimum absolute atomic E-state index is 0.0702. The molecule has 1 fully saturated rings. The molecule has 0 amide bonds. The van der Waals surface area contributed by atoms with Gasteiger partial charge in [-0.15, -0.1) is 23.5 Å². The lowest BCUT2D eigenvalue weighted by molar-refractivity contribution is 0.350. The molecule has 1 N–H and O–H groups in total. The van der Waals surface area contributed by atoms with Gasteiger partial charge in [-0.2, -0.15) is 0 Å². The number of hydrogen-bond acceptors (Lipinski definition) is 3. The Labute approximate surface area is 105 Å². The van der Waals surface area contributed by atoms with Crippen LogP contribution in [0.3, 0.4) is 0 Å². The summed E-state index contributed by atoms with van der Waals surface area (Å²) < 4.78 is 0.512. The van der Waals surface area contributed by atoms with E-state index in [1.807, 2.05) is 35.7 Å². The van der Waals surface area contributed by atoms with Crippen LogP contribution < -0.4 is 0 Å². The summed E-state index contributed by atoms with van der Waals surface area (Å²) in [6.07, 6.45) is 1.30. The van der Waals surface area contributed by atoms with Crippen molar-refractivity contribution in [1.29, 1.82) is 0 Å². The predicted octanol–water partition coefficient (Wildman–Crippen LogP) is 2.90. The van der Waals surface area contributed by atoms with Crippen molar-refractivity contribution in [3.63, 3.8) is 0 Å². The second-order valence-corrected chi connectivity index (χ2v) is 6.20. The summed E-state index contributed by atoms with van der Waals surface area (Å²) in [5.41, 5.74) is 2.36. The summed E-state index contributed by atoms with van der Waals surface area (Å²) in [7, 11) is 0. The maximum Gasteiger partial charge on any atom is 0.104 e. The van der Waals surface area contributed by atoms with E-state index in [-0.39, 0.29) is 6.61 Å². The van der Waals surface area contributed by atoms with Gasteiger partial charge in [0.15, 0.2) is 0 Å². The van der Waals surface area contributed by atoms with Gasteiger partial charge in [0.1, 0.15) is 6.61 Å². The highest BCUT2D eigenvalue weighted by Gasteiger charge is 2.18. The van der Waals surface area contributed by atoms with Crippen LogP contribution in [0, 0.1) is 11.8 Å². The minimum atomic E-state index is -0.0702. The van der Waals surface area contributed by atoms with Crippen molar-refractivity contribution in [2.75, 3.05) is 18.1 Å². The number of rotatable bonds is 1. The zero-order valence-electron chi connectivity index (χ0n) is 8.98. The van der Waals surface area contributed by atoms with E-state index in [1.54, 1.807) is 0 Å². The number of thioether (sulfide) groups is 2. The Kier molecular flexibility index (Phi) is 4.65. The van der Waals surface area contributed by atoms with Gasteiger partial charge in [0, 0.05) is 5.56 Å². The van der Waals surface area contributed by atoms with Crippen LogP contribution in [0.1, 0.15) is 22.1 Å². The number of hydrogen-bond donors (Lipinski definition) is 1. The van der Waals surface area contributed by atoms with Crippen molar-refractivity contribution in [3.05, 3.63) is 35.4 Å². The summed E-state index contributed by atoms with van der Waals surface area (Å²) in [5.74, 6) is 8.24. The molecule has 1 aliphatic rings. The maximum absolute atomic E-state index is 8.74. The van der Waals surface area contributed by atoms with Crippen molar-refractivity contribution in [2.24, 2.45) is 0 Å². The smallest absolute Gasteiger partial charge is 0.104 e. The quantitative estimate of drug-likeness (QED) is 0.774. The van der Waals surface area contributed by atoms with E-state index in [1.165, 1.54) is 23.5 Å². The third-order valence-electron chi connectivity index (χ3n) is 2.34. The van der Waals surface area contributed by atoms with E-state index in [4.69, 9.17) is 5.11 Å². The highest BCUT2D eigenvalue weighted by Crippen LogP contribution is 2.44. The summed E-state index contributed by atoms with van der Waals surface area (Å²) in [5, 5.41) is 8.74. The highest BCUT2D eigenvalue weighted by atomic mass is 32.2. The zero-order valence-corrected chi connectivity index (χ0v) is 10.6. The Morgan fingerprint density at radius 2 is 2.00 bits per heavy atom. The maximum atomic E-state index is 8.74. The Morgan fingerprint density at radius 3 is 2.75 bits per heavy atom. The lowest BCUT2D eigenvalue weighted by atomic mass is 10.1. The van der Waals surface area contributed by atoms with Gasteiger partial charge in [-0.1, -0.05) is 30.0 Å². The molecule has 1 nitrogen and oxygen atoms in total. The van der Waals surface area contributed by atoms with Gasteiger partial charge in [-0.3, -0.25) is 0 Å². The monoisotopic (exact) mass is 250 g/mol. The van der Waals surface area contributed by atoms with Crippen LogP contribution in [0.5, 0.6) is 0 Å². The first-order chi connectivity index (χ1) is 7.92. The van der Waals surface area contributed by atoms with E-state index in [0.717, 1.165) is 5.56 Å². The summed E-state index contributed by atoms with van der Waals surface area (Å²) in [6, 6.07) is 8.25. The molecule has 1 aliphatic heterocycles. The highest BCUT2D eigenvalue weighted by molar-refractivity contribution is 8.16. The van der Waals surface area contributed by atoms with Gasteiger partial charge >= 0.3 is 0 Å². The largest absolute Gasteiger partial charge is 0.384 e. The van der Waals surface area contributed by atoms with E-state index in [9.17, 15) is 0 Å². The fourth-order valence-corrected chi connectivity index (χ4v) is 4.58. The molecule has 0 atom stereocenters. The standard InChI is InChI=1S/C13H14OS2/c14-8-3-6-11-5-1-2-7-12(11)13-15-9-4-10-16-13/h1-2,5,7,13-14H,4,8-10H2. The van der Waals surface area contributed by atoms with E-state index in [2.05, 4.69) is 24.0 Å². The summed E-state index contributed by atoms with van der Waals surface area (Å²) in [4.78, 5) is 0. The minimum Gasteiger partial charge on any atom is -0.384 e. The first kappa shape index (κ1) is 11.9. The molecule has 0 aliphatic carbocycles. The van der Waals surface area contributed by atoms with E-state index >= 15 is 0 Å². The Bertz CT molecular complexity index is 400. The number of aliphatic hydroxyl groups is 1. The van der Waals surface area contributed by atoms with Gasteiger partial charge < -0.3 is 5.11 Å². The first-order valence-corrected chi connectivity index (χ1v) is 7.43. The molecule has 0 radical (unpaired) electrons. The molecule has 1 saturated heterocycles. The molecule has 3 heteroatoms. The lowest BCUT2D eigenvalue weighted by Crippen LogP contribution is -2.02. The Hall–Kier alpha value is -0.560. The zero-order chi connectivity index (χ0) is 11.2. The summed E-state index contributed by atoms with van der Waals surface area (Å²) >= 11 is 3.99. The SMILES string of the molecule is OCC#Cc1ccccc1C1SCCCS1. The molecular weight excluding hydrogens is 236 g/mol. The molecule has 0 bridgehead atoms. The van der Waals surface area contributed by atoms with Crippen LogP contribution in [-0.4, -0.2) is 23.2 Å². The van der Waals surface area contributed by atoms with Crippen LogP contribution in [0.15, 0.2) is 24.3 Å². The Balaban J connectivity index is 2.24. The summed E-state index contributed by atoms with van der Waals surface area (Å²) in [6.45, 7) is -0.0702. The molecule has 1 aromatic rings. The molecular formula is C13H14OS2. The van der Waals surface area contributed by atoms with Crippen LogP contribution in [-0.2, 0) is 0 Å². The molecule has 2 rings (SSSR count). The van der Waals surface area contributed by atoms with E-state index < -0.39 is 0 Å².